The number of tetrazole rings is 1. The van der Waals surface area contributed by atoms with Gasteiger partial charge in [-0.05, 0) is 53.3 Å². The van der Waals surface area contributed by atoms with Gasteiger partial charge in [-0.3, -0.25) is 4.79 Å². The van der Waals surface area contributed by atoms with E-state index in [9.17, 15) is 4.79 Å². The Balaban J connectivity index is 1.66. The highest BCUT2D eigenvalue weighted by molar-refractivity contribution is 5.80. The fourth-order valence-corrected chi connectivity index (χ4v) is 4.33. The number of nitrogens with zero attached hydrogens (tertiary/aromatic N) is 4. The maximum absolute atomic E-state index is 13.4. The second-order valence-electron chi connectivity index (χ2n) is 8.50. The third-order valence-corrected chi connectivity index (χ3v) is 6.18. The Morgan fingerprint density at radius 2 is 1.82 bits per heavy atom. The topological polar surface area (TPSA) is 85.7 Å². The number of aromatic amines is 1. The number of H-pyrrole nitrogens is 1. The van der Waals surface area contributed by atoms with Crippen LogP contribution in [0.1, 0.15) is 42.1 Å². The van der Waals surface area contributed by atoms with Gasteiger partial charge in [0.2, 0.25) is 5.82 Å². The minimum Gasteiger partial charge on any atom is -0.383 e. The summed E-state index contributed by atoms with van der Waals surface area (Å²) >= 11 is 0. The molecule has 4 rings (SSSR count). The summed E-state index contributed by atoms with van der Waals surface area (Å²) in [5, 5.41) is 14.5. The van der Waals surface area contributed by atoms with E-state index < -0.39 is 0 Å². The van der Waals surface area contributed by atoms with Crippen LogP contribution in [-0.4, -0.2) is 38.9 Å². The van der Waals surface area contributed by atoms with Gasteiger partial charge in [0, 0.05) is 36.9 Å². The lowest BCUT2D eigenvalue weighted by Crippen LogP contribution is -2.29. The molecule has 1 N–H and O–H groups in total. The van der Waals surface area contributed by atoms with E-state index in [1.165, 1.54) is 0 Å². The molecule has 2 aromatic carbocycles. The zero-order valence-corrected chi connectivity index (χ0v) is 20.0. The zero-order chi connectivity index (χ0) is 23.9. The van der Waals surface area contributed by atoms with Gasteiger partial charge in [-0.1, -0.05) is 61.9 Å². The van der Waals surface area contributed by atoms with Crippen molar-refractivity contribution in [3.05, 3.63) is 87.3 Å². The second kappa shape index (κ2) is 11.0. The van der Waals surface area contributed by atoms with Crippen molar-refractivity contribution < 1.29 is 4.74 Å². The van der Waals surface area contributed by atoms with Crippen molar-refractivity contribution in [2.75, 3.05) is 13.7 Å². The first-order valence-corrected chi connectivity index (χ1v) is 11.8. The molecule has 0 fully saturated rings. The van der Waals surface area contributed by atoms with Crippen LogP contribution in [0.25, 0.3) is 22.5 Å². The molecule has 4 aromatic rings. The zero-order valence-electron chi connectivity index (χ0n) is 20.0. The largest absolute Gasteiger partial charge is 0.383 e. The van der Waals surface area contributed by atoms with E-state index in [1.54, 1.807) is 7.11 Å². The smallest absolute Gasteiger partial charge is 0.254 e. The minimum absolute atomic E-state index is 0.0923. The van der Waals surface area contributed by atoms with E-state index >= 15 is 0 Å². The SMILES string of the molecule is CCCCc1cc(C)n(CCOC)c(=O)c1Cc1ccc(-c2ccccc2-c2nn[nH]n2)cc1. The number of pyridine rings is 1. The molecule has 0 aliphatic carbocycles. The van der Waals surface area contributed by atoms with Crippen LogP contribution in [-0.2, 0) is 24.1 Å². The summed E-state index contributed by atoms with van der Waals surface area (Å²) in [6.07, 6.45) is 3.70. The molecule has 7 heteroatoms. The molecular formula is C27H31N5O2. The van der Waals surface area contributed by atoms with Crippen molar-refractivity contribution in [3.8, 4) is 22.5 Å². The van der Waals surface area contributed by atoms with Crippen molar-refractivity contribution in [2.24, 2.45) is 0 Å². The lowest BCUT2D eigenvalue weighted by atomic mass is 9.94. The summed E-state index contributed by atoms with van der Waals surface area (Å²) in [5.41, 5.74) is 7.26. The lowest BCUT2D eigenvalue weighted by Gasteiger charge is -2.16. The van der Waals surface area contributed by atoms with Gasteiger partial charge in [-0.15, -0.1) is 10.2 Å². The molecule has 34 heavy (non-hydrogen) atoms. The monoisotopic (exact) mass is 457 g/mol. The number of methoxy groups -OCH3 is 1. The van der Waals surface area contributed by atoms with E-state index in [4.69, 9.17) is 4.74 Å². The van der Waals surface area contributed by atoms with Crippen molar-refractivity contribution in [2.45, 2.75) is 46.1 Å². The molecule has 2 heterocycles. The first-order chi connectivity index (χ1) is 16.6. The molecule has 0 radical (unpaired) electrons. The molecule has 0 aliphatic rings. The average Bonchev–Trinajstić information content (AvgIpc) is 3.40. The predicted molar refractivity (Wildman–Crippen MR) is 134 cm³/mol. The van der Waals surface area contributed by atoms with Gasteiger partial charge < -0.3 is 9.30 Å². The highest BCUT2D eigenvalue weighted by Crippen LogP contribution is 2.30. The number of unbranched alkanes of at least 4 members (excludes halogenated alkanes) is 1. The number of hydrogen-bond donors (Lipinski definition) is 1. The van der Waals surface area contributed by atoms with E-state index in [-0.39, 0.29) is 5.56 Å². The molecule has 0 amide bonds. The summed E-state index contributed by atoms with van der Waals surface area (Å²) in [6, 6.07) is 18.6. The average molecular weight is 458 g/mol. The molecule has 0 saturated carbocycles. The molecule has 0 spiro atoms. The Hall–Kier alpha value is -3.58. The number of aromatic nitrogens is 5. The molecular weight excluding hydrogens is 426 g/mol. The van der Waals surface area contributed by atoms with E-state index in [1.807, 2.05) is 29.7 Å². The van der Waals surface area contributed by atoms with Crippen molar-refractivity contribution in [1.29, 1.82) is 0 Å². The number of nitrogens with one attached hydrogen (secondary N) is 1. The van der Waals surface area contributed by atoms with E-state index in [0.717, 1.165) is 58.3 Å². The Morgan fingerprint density at radius 3 is 2.50 bits per heavy atom. The Labute approximate surface area is 199 Å². The van der Waals surface area contributed by atoms with Gasteiger partial charge in [0.25, 0.3) is 5.56 Å². The van der Waals surface area contributed by atoms with Crippen LogP contribution in [0.4, 0.5) is 0 Å². The summed E-state index contributed by atoms with van der Waals surface area (Å²) in [6.45, 7) is 5.26. The molecule has 2 aromatic heterocycles. The second-order valence-corrected chi connectivity index (χ2v) is 8.50. The van der Waals surface area contributed by atoms with Gasteiger partial charge >= 0.3 is 0 Å². The molecule has 7 nitrogen and oxygen atoms in total. The van der Waals surface area contributed by atoms with Crippen LogP contribution >= 0.6 is 0 Å². The Kier molecular flexibility index (Phi) is 7.65. The fourth-order valence-electron chi connectivity index (χ4n) is 4.33. The van der Waals surface area contributed by atoms with Crippen LogP contribution in [0, 0.1) is 6.92 Å². The van der Waals surface area contributed by atoms with Gasteiger partial charge in [0.05, 0.1) is 6.61 Å². The summed E-state index contributed by atoms with van der Waals surface area (Å²) < 4.78 is 7.06. The standard InChI is InChI=1S/C27H31N5O2/c1-4-5-8-22-17-19(2)32(15-16-34-3)27(33)25(22)18-20-11-13-21(14-12-20)23-9-6-7-10-24(23)26-28-30-31-29-26/h6-7,9-14,17H,4-5,8,15-16,18H2,1-3H3,(H,28,29,30,31). The highest BCUT2D eigenvalue weighted by atomic mass is 16.5. The fraction of sp³-hybridized carbons (Fsp3) is 0.333. The Bertz CT molecular complexity index is 1280. The van der Waals surface area contributed by atoms with Crippen LogP contribution in [0.3, 0.4) is 0 Å². The predicted octanol–water partition coefficient (Wildman–Crippen LogP) is 4.58. The number of rotatable bonds is 10. The van der Waals surface area contributed by atoms with Crippen molar-refractivity contribution >= 4 is 0 Å². The van der Waals surface area contributed by atoms with Crippen LogP contribution in [0.5, 0.6) is 0 Å². The van der Waals surface area contributed by atoms with Crippen molar-refractivity contribution in [1.82, 2.24) is 25.2 Å². The van der Waals surface area contributed by atoms with E-state index in [2.05, 4.69) is 63.9 Å². The number of benzene rings is 2. The summed E-state index contributed by atoms with van der Waals surface area (Å²) in [4.78, 5) is 13.4. The van der Waals surface area contributed by atoms with Crippen LogP contribution in [0.15, 0.2) is 59.4 Å². The Morgan fingerprint density at radius 1 is 1.06 bits per heavy atom. The van der Waals surface area contributed by atoms with Gasteiger partial charge in [0.15, 0.2) is 0 Å². The number of aryl methyl sites for hydroxylation is 2. The maximum atomic E-state index is 13.4. The molecule has 0 atom stereocenters. The quantitative estimate of drug-likeness (QED) is 0.377. The summed E-state index contributed by atoms with van der Waals surface area (Å²) in [5.74, 6) is 0.566. The lowest BCUT2D eigenvalue weighted by molar-refractivity contribution is 0.185. The normalized spacial score (nSPS) is 11.1. The van der Waals surface area contributed by atoms with Crippen LogP contribution in [0.2, 0.25) is 0 Å². The molecule has 0 aliphatic heterocycles. The van der Waals surface area contributed by atoms with Crippen LogP contribution < -0.4 is 5.56 Å². The maximum Gasteiger partial charge on any atom is 0.254 e. The molecule has 0 saturated heterocycles. The summed E-state index contributed by atoms with van der Waals surface area (Å²) in [7, 11) is 1.66. The highest BCUT2D eigenvalue weighted by Gasteiger charge is 2.15. The third-order valence-electron chi connectivity index (χ3n) is 6.18. The molecule has 176 valence electrons. The number of hydrogen-bond acceptors (Lipinski definition) is 5. The third kappa shape index (κ3) is 5.15. The molecule has 0 unspecified atom stereocenters. The first kappa shape index (κ1) is 23.6. The molecule has 0 bridgehead atoms. The van der Waals surface area contributed by atoms with Crippen molar-refractivity contribution in [3.63, 3.8) is 0 Å². The minimum atomic E-state index is 0.0923. The van der Waals surface area contributed by atoms with E-state index in [0.29, 0.717) is 25.4 Å². The van der Waals surface area contributed by atoms with Gasteiger partial charge in [-0.2, -0.15) is 5.21 Å². The number of ether oxygens (including phenoxy) is 1. The first-order valence-electron chi connectivity index (χ1n) is 11.8. The van der Waals surface area contributed by atoms with Gasteiger partial charge in [0.1, 0.15) is 0 Å². The van der Waals surface area contributed by atoms with Gasteiger partial charge in [-0.25, -0.2) is 0 Å².